The molecule has 0 saturated carbocycles. The maximum Gasteiger partial charge on any atom is 0.115 e. The summed E-state index contributed by atoms with van der Waals surface area (Å²) >= 11 is 0. The van der Waals surface area contributed by atoms with E-state index in [9.17, 15) is 8.78 Å². The number of rotatable bonds is 4. The van der Waals surface area contributed by atoms with E-state index >= 15 is 0 Å². The van der Waals surface area contributed by atoms with E-state index < -0.39 is 12.5 Å². The second-order valence-electron chi connectivity index (χ2n) is 2.27. The topological polar surface area (TPSA) is 0 Å². The van der Waals surface area contributed by atoms with Crippen LogP contribution in [-0.4, -0.2) is 6.67 Å². The molecule has 0 aromatic carbocycles. The molecule has 2 heteroatoms. The summed E-state index contributed by atoms with van der Waals surface area (Å²) in [5.74, 6) is -0.476. The van der Waals surface area contributed by atoms with Crippen molar-refractivity contribution in [1.29, 1.82) is 0 Å². The number of allylic oxidation sites excluding steroid dienone is 5. The van der Waals surface area contributed by atoms with Crippen molar-refractivity contribution in [2.75, 3.05) is 6.67 Å². The Morgan fingerprint density at radius 2 is 2.18 bits per heavy atom. The minimum Gasteiger partial charge on any atom is -0.246 e. The van der Waals surface area contributed by atoms with E-state index in [0.717, 1.165) is 0 Å². The molecule has 0 aliphatic heterocycles. The van der Waals surface area contributed by atoms with E-state index in [1.165, 1.54) is 6.08 Å². The number of halogens is 2. The van der Waals surface area contributed by atoms with Crippen LogP contribution in [0.5, 0.6) is 0 Å². The first-order valence-corrected chi connectivity index (χ1v) is 3.39. The molecule has 0 atom stereocenters. The molecule has 11 heavy (non-hydrogen) atoms. The second-order valence-corrected chi connectivity index (χ2v) is 2.27. The molecule has 0 rings (SSSR count). The molecular weight excluding hydrogens is 146 g/mol. The Labute approximate surface area is 65.9 Å². The molecule has 0 bridgehead atoms. The molecule has 0 aromatic heterocycles. The van der Waals surface area contributed by atoms with Crippen LogP contribution >= 0.6 is 0 Å². The molecular formula is C9H12F2. The van der Waals surface area contributed by atoms with Crippen molar-refractivity contribution in [3.05, 3.63) is 36.2 Å². The van der Waals surface area contributed by atoms with Gasteiger partial charge in [-0.05, 0) is 25.0 Å². The fraction of sp³-hybridized carbons (Fsp3) is 0.333. The largest absolute Gasteiger partial charge is 0.246 e. The second kappa shape index (κ2) is 5.83. The molecule has 0 spiro atoms. The summed E-state index contributed by atoms with van der Waals surface area (Å²) < 4.78 is 23.7. The molecule has 0 aliphatic carbocycles. The van der Waals surface area contributed by atoms with Crippen LogP contribution in [0.4, 0.5) is 8.78 Å². The average molecular weight is 158 g/mol. The summed E-state index contributed by atoms with van der Waals surface area (Å²) in [6.07, 6.45) is 5.13. The summed E-state index contributed by atoms with van der Waals surface area (Å²) in [7, 11) is 0. The fourth-order valence-electron chi connectivity index (χ4n) is 0.520. The summed E-state index contributed by atoms with van der Waals surface area (Å²) in [5, 5.41) is 0. The first-order chi connectivity index (χ1) is 5.16. The lowest BCUT2D eigenvalue weighted by Gasteiger charge is -1.88. The maximum absolute atomic E-state index is 11.9. The third kappa shape index (κ3) is 6.97. The molecule has 0 amide bonds. The average Bonchev–Trinajstić information content (AvgIpc) is 1.97. The van der Waals surface area contributed by atoms with E-state index in [4.69, 9.17) is 0 Å². The van der Waals surface area contributed by atoms with Crippen molar-refractivity contribution in [2.24, 2.45) is 0 Å². The van der Waals surface area contributed by atoms with Gasteiger partial charge in [0, 0.05) is 0 Å². The molecule has 0 heterocycles. The summed E-state index contributed by atoms with van der Waals surface area (Å²) in [5.41, 5.74) is 0.666. The monoisotopic (exact) mass is 158 g/mol. The van der Waals surface area contributed by atoms with E-state index in [1.54, 1.807) is 19.1 Å². The highest BCUT2D eigenvalue weighted by Crippen LogP contribution is 1.99. The lowest BCUT2D eigenvalue weighted by molar-refractivity contribution is 0.542. The Hall–Kier alpha value is -0.920. The van der Waals surface area contributed by atoms with Gasteiger partial charge < -0.3 is 0 Å². The Bertz CT molecular complexity index is 178. The van der Waals surface area contributed by atoms with Gasteiger partial charge in [-0.2, -0.15) is 0 Å². The van der Waals surface area contributed by atoms with Crippen LogP contribution in [0.3, 0.4) is 0 Å². The molecule has 0 fully saturated rings. The lowest BCUT2D eigenvalue weighted by atomic mass is 10.2. The Balaban J connectivity index is 3.64. The van der Waals surface area contributed by atoms with E-state index in [-0.39, 0.29) is 0 Å². The standard InChI is InChI=1S/C9H12F2/c1-8(7-10)5-3-4-6-9(2)11/h4-6H,2-3,7H2,1H3/b6-4-,8-5+. The van der Waals surface area contributed by atoms with Crippen molar-refractivity contribution in [3.63, 3.8) is 0 Å². The van der Waals surface area contributed by atoms with Gasteiger partial charge in [0.15, 0.2) is 0 Å². The number of alkyl halides is 1. The predicted octanol–water partition coefficient (Wildman–Crippen LogP) is 3.33. The molecule has 0 nitrogen and oxygen atoms in total. The minimum atomic E-state index is -0.476. The van der Waals surface area contributed by atoms with Crippen LogP contribution in [0.25, 0.3) is 0 Å². The molecule has 0 N–H and O–H groups in total. The fourth-order valence-corrected chi connectivity index (χ4v) is 0.520. The third-order valence-corrected chi connectivity index (χ3v) is 1.11. The molecule has 0 radical (unpaired) electrons. The summed E-state index contributed by atoms with van der Waals surface area (Å²) in [4.78, 5) is 0. The van der Waals surface area contributed by atoms with Crippen molar-refractivity contribution in [3.8, 4) is 0 Å². The van der Waals surface area contributed by atoms with Crippen molar-refractivity contribution in [1.82, 2.24) is 0 Å². The Morgan fingerprint density at radius 1 is 1.55 bits per heavy atom. The van der Waals surface area contributed by atoms with Crippen molar-refractivity contribution >= 4 is 0 Å². The molecule has 0 saturated heterocycles. The van der Waals surface area contributed by atoms with Crippen molar-refractivity contribution < 1.29 is 8.78 Å². The highest BCUT2D eigenvalue weighted by molar-refractivity contribution is 5.09. The van der Waals surface area contributed by atoms with Gasteiger partial charge in [-0.3, -0.25) is 0 Å². The molecule has 0 aliphatic rings. The van der Waals surface area contributed by atoms with E-state index in [0.29, 0.717) is 12.0 Å². The van der Waals surface area contributed by atoms with Crippen LogP contribution in [0, 0.1) is 0 Å². The first-order valence-electron chi connectivity index (χ1n) is 3.39. The lowest BCUT2D eigenvalue weighted by Crippen LogP contribution is -1.75. The van der Waals surface area contributed by atoms with Gasteiger partial charge in [0.05, 0.1) is 0 Å². The zero-order valence-corrected chi connectivity index (χ0v) is 6.61. The van der Waals surface area contributed by atoms with Gasteiger partial charge >= 0.3 is 0 Å². The van der Waals surface area contributed by atoms with Gasteiger partial charge in [-0.15, -0.1) is 0 Å². The first kappa shape index (κ1) is 10.1. The van der Waals surface area contributed by atoms with Crippen LogP contribution in [0.2, 0.25) is 0 Å². The van der Waals surface area contributed by atoms with Gasteiger partial charge in [-0.1, -0.05) is 18.7 Å². The highest BCUT2D eigenvalue weighted by atomic mass is 19.1. The predicted molar refractivity (Wildman–Crippen MR) is 43.7 cm³/mol. The van der Waals surface area contributed by atoms with Gasteiger partial charge in [0.25, 0.3) is 0 Å². The third-order valence-electron chi connectivity index (χ3n) is 1.11. The highest BCUT2D eigenvalue weighted by Gasteiger charge is 1.83. The number of hydrogen-bond donors (Lipinski definition) is 0. The van der Waals surface area contributed by atoms with E-state index in [2.05, 4.69) is 6.58 Å². The van der Waals surface area contributed by atoms with Gasteiger partial charge in [-0.25, -0.2) is 8.78 Å². The summed E-state index contributed by atoms with van der Waals surface area (Å²) in [6.45, 7) is 4.30. The quantitative estimate of drug-likeness (QED) is 0.435. The number of hydrogen-bond acceptors (Lipinski definition) is 0. The summed E-state index contributed by atoms with van der Waals surface area (Å²) in [6, 6.07) is 0. The van der Waals surface area contributed by atoms with Gasteiger partial charge in [0.1, 0.15) is 12.5 Å². The van der Waals surface area contributed by atoms with Crippen molar-refractivity contribution in [2.45, 2.75) is 13.3 Å². The smallest absolute Gasteiger partial charge is 0.115 e. The maximum atomic E-state index is 11.9. The Morgan fingerprint density at radius 3 is 2.64 bits per heavy atom. The van der Waals surface area contributed by atoms with Crippen LogP contribution in [0.1, 0.15) is 13.3 Å². The Kier molecular flexibility index (Phi) is 5.35. The van der Waals surface area contributed by atoms with Crippen LogP contribution in [0.15, 0.2) is 36.2 Å². The minimum absolute atomic E-state index is 0.440. The SMILES string of the molecule is C=C(F)/C=C\C/C=C(\C)CF. The zero-order chi connectivity index (χ0) is 8.69. The molecule has 0 unspecified atom stereocenters. The van der Waals surface area contributed by atoms with E-state index in [1.807, 2.05) is 0 Å². The molecule has 62 valence electrons. The van der Waals surface area contributed by atoms with Crippen LogP contribution in [-0.2, 0) is 0 Å². The molecule has 0 aromatic rings. The van der Waals surface area contributed by atoms with Gasteiger partial charge in [0.2, 0.25) is 0 Å². The zero-order valence-electron chi connectivity index (χ0n) is 6.61. The van der Waals surface area contributed by atoms with Crippen LogP contribution < -0.4 is 0 Å². The normalized spacial score (nSPS) is 12.5.